The number of likely N-dealkylation sites (tertiary alicyclic amines) is 1. The highest BCUT2D eigenvalue weighted by molar-refractivity contribution is 6.20. The molecule has 0 saturated carbocycles. The first kappa shape index (κ1) is 26.9. The van der Waals surface area contributed by atoms with Crippen LogP contribution in [0.15, 0.2) is 63.7 Å². The Bertz CT molecular complexity index is 1520. The Morgan fingerprint density at radius 3 is 2.40 bits per heavy atom. The van der Waals surface area contributed by atoms with Crippen LogP contribution in [0.25, 0.3) is 0 Å². The Kier molecular flexibility index (Phi) is 6.61. The largest absolute Gasteiger partial charge is 0.467 e. The van der Waals surface area contributed by atoms with Crippen molar-refractivity contribution in [2.24, 2.45) is 4.99 Å². The molecule has 11 heteroatoms. The number of amidine groups is 1. The molecule has 1 saturated heterocycles. The van der Waals surface area contributed by atoms with Crippen molar-refractivity contribution in [1.82, 2.24) is 4.90 Å². The number of amides is 1. The summed E-state index contributed by atoms with van der Waals surface area (Å²) in [6.07, 6.45) is 1.70. The standard InChI is InChI=1S/C29H29N3O8/c1-7-12-31-19-11-9-8-10-18(19)29-14-20(25(34)37-4)32(24(33)17-13-15(2)40-16(17)3)28(29)30-22(27(36)39-6)21(23(29)31)26(35)38-5/h7-11,13,20,23H,1,12,14H2,2-6H3/t20?,23?,29-/m0/s1. The number of furan rings is 1. The molecule has 0 N–H and O–H groups in total. The minimum absolute atomic E-state index is 0.0321. The van der Waals surface area contributed by atoms with Gasteiger partial charge in [-0.05, 0) is 38.0 Å². The van der Waals surface area contributed by atoms with E-state index in [-0.39, 0.29) is 35.6 Å². The lowest BCUT2D eigenvalue weighted by atomic mass is 9.69. The van der Waals surface area contributed by atoms with E-state index in [2.05, 4.69) is 11.6 Å². The van der Waals surface area contributed by atoms with Gasteiger partial charge in [0.15, 0.2) is 5.70 Å². The molecule has 11 nitrogen and oxygen atoms in total. The molecule has 1 amide bonds. The number of carbonyl (C=O) groups excluding carboxylic acids is 4. The zero-order valence-corrected chi connectivity index (χ0v) is 22.8. The Morgan fingerprint density at radius 2 is 1.80 bits per heavy atom. The molecular formula is C29H29N3O8. The minimum Gasteiger partial charge on any atom is -0.467 e. The van der Waals surface area contributed by atoms with E-state index in [0.717, 1.165) is 11.3 Å². The molecule has 3 atom stereocenters. The third kappa shape index (κ3) is 3.60. The highest BCUT2D eigenvalue weighted by atomic mass is 16.5. The van der Waals surface area contributed by atoms with E-state index in [1.54, 1.807) is 26.0 Å². The summed E-state index contributed by atoms with van der Waals surface area (Å²) in [4.78, 5) is 61.9. The Morgan fingerprint density at radius 1 is 1.10 bits per heavy atom. The van der Waals surface area contributed by atoms with Crippen molar-refractivity contribution in [3.63, 3.8) is 0 Å². The summed E-state index contributed by atoms with van der Waals surface area (Å²) in [6, 6.07) is 7.00. The molecule has 5 rings (SSSR count). The monoisotopic (exact) mass is 547 g/mol. The Balaban J connectivity index is 1.88. The van der Waals surface area contributed by atoms with Gasteiger partial charge in [0.05, 0.1) is 43.9 Å². The molecule has 1 fully saturated rings. The number of fused-ring (bicyclic) bond motifs is 1. The van der Waals surface area contributed by atoms with Gasteiger partial charge in [0.2, 0.25) is 0 Å². The SMILES string of the molecule is C=CCN1c2ccccc2[C@]23CC(C(=O)OC)N(C(=O)c4cc(C)oc4C)C2=NC(C(=O)OC)=C(C(=O)OC)C13. The van der Waals surface area contributed by atoms with Gasteiger partial charge in [-0.2, -0.15) is 0 Å². The molecule has 3 aliphatic rings. The molecule has 1 aromatic carbocycles. The first-order valence-electron chi connectivity index (χ1n) is 12.6. The van der Waals surface area contributed by atoms with Gasteiger partial charge in [-0.1, -0.05) is 24.3 Å². The molecule has 0 radical (unpaired) electrons. The number of anilines is 1. The zero-order valence-electron chi connectivity index (χ0n) is 22.8. The summed E-state index contributed by atoms with van der Waals surface area (Å²) in [5.41, 5.74) is 0.150. The van der Waals surface area contributed by atoms with Crippen LogP contribution in [0.3, 0.4) is 0 Å². The van der Waals surface area contributed by atoms with Crippen molar-refractivity contribution >= 4 is 35.3 Å². The Labute approximate surface area is 230 Å². The fourth-order valence-electron chi connectivity index (χ4n) is 6.27. The average Bonchev–Trinajstić information content (AvgIpc) is 3.58. The third-order valence-corrected chi connectivity index (χ3v) is 7.75. The zero-order chi connectivity index (χ0) is 28.9. The fourth-order valence-corrected chi connectivity index (χ4v) is 6.27. The molecular weight excluding hydrogens is 518 g/mol. The predicted octanol–water partition coefficient (Wildman–Crippen LogP) is 2.61. The van der Waals surface area contributed by atoms with Crippen molar-refractivity contribution in [2.45, 2.75) is 37.8 Å². The Hall–Kier alpha value is -4.67. The number of rotatable bonds is 6. The fraction of sp³-hybridized carbons (Fsp3) is 0.345. The summed E-state index contributed by atoms with van der Waals surface area (Å²) < 4.78 is 20.9. The summed E-state index contributed by atoms with van der Waals surface area (Å²) in [7, 11) is 3.62. The number of hydrogen-bond acceptors (Lipinski definition) is 10. The smallest absolute Gasteiger partial charge is 0.357 e. The summed E-state index contributed by atoms with van der Waals surface area (Å²) in [5, 5.41) is 0. The number of carbonyl (C=O) groups is 4. The topological polar surface area (TPSA) is 128 Å². The van der Waals surface area contributed by atoms with Crippen LogP contribution in [0.1, 0.15) is 33.9 Å². The second-order valence-corrected chi connectivity index (χ2v) is 9.76. The maximum absolute atomic E-state index is 14.2. The lowest BCUT2D eigenvalue weighted by Crippen LogP contribution is -2.55. The molecule has 1 aromatic heterocycles. The van der Waals surface area contributed by atoms with Crippen molar-refractivity contribution in [1.29, 1.82) is 0 Å². The van der Waals surface area contributed by atoms with E-state index in [9.17, 15) is 19.2 Å². The van der Waals surface area contributed by atoms with Gasteiger partial charge in [0.1, 0.15) is 23.4 Å². The van der Waals surface area contributed by atoms with E-state index >= 15 is 0 Å². The average molecular weight is 548 g/mol. The molecule has 0 bridgehead atoms. The van der Waals surface area contributed by atoms with Gasteiger partial charge in [0.25, 0.3) is 5.91 Å². The number of nitrogens with zero attached hydrogens (tertiary/aromatic N) is 3. The van der Waals surface area contributed by atoms with Gasteiger partial charge in [0, 0.05) is 12.2 Å². The maximum Gasteiger partial charge on any atom is 0.357 e. The summed E-state index contributed by atoms with van der Waals surface area (Å²) in [6.45, 7) is 7.52. The van der Waals surface area contributed by atoms with Crippen LogP contribution in [0.5, 0.6) is 0 Å². The molecule has 2 unspecified atom stereocenters. The molecule has 4 heterocycles. The van der Waals surface area contributed by atoms with Gasteiger partial charge in [-0.3, -0.25) is 9.69 Å². The maximum atomic E-state index is 14.2. The third-order valence-electron chi connectivity index (χ3n) is 7.75. The molecule has 40 heavy (non-hydrogen) atoms. The van der Waals surface area contributed by atoms with Gasteiger partial charge < -0.3 is 23.5 Å². The van der Waals surface area contributed by atoms with E-state index in [1.807, 2.05) is 29.2 Å². The first-order valence-corrected chi connectivity index (χ1v) is 12.6. The van der Waals surface area contributed by atoms with Crippen molar-refractivity contribution in [3.05, 3.63) is 76.9 Å². The van der Waals surface area contributed by atoms with Gasteiger partial charge >= 0.3 is 17.9 Å². The molecule has 3 aliphatic heterocycles. The second kappa shape index (κ2) is 9.82. The van der Waals surface area contributed by atoms with Crippen LogP contribution >= 0.6 is 0 Å². The highest BCUT2D eigenvalue weighted by Crippen LogP contribution is 2.58. The molecule has 2 aromatic rings. The lowest BCUT2D eigenvalue weighted by molar-refractivity contribution is -0.144. The van der Waals surface area contributed by atoms with E-state index in [4.69, 9.17) is 18.6 Å². The van der Waals surface area contributed by atoms with Crippen LogP contribution in [0.4, 0.5) is 5.69 Å². The predicted molar refractivity (Wildman–Crippen MR) is 143 cm³/mol. The molecule has 1 spiro atoms. The van der Waals surface area contributed by atoms with Gasteiger partial charge in [-0.15, -0.1) is 6.58 Å². The van der Waals surface area contributed by atoms with E-state index in [0.29, 0.717) is 11.5 Å². The van der Waals surface area contributed by atoms with E-state index in [1.165, 1.54) is 26.2 Å². The quantitative estimate of drug-likeness (QED) is 0.305. The van der Waals surface area contributed by atoms with Crippen molar-refractivity contribution in [3.8, 4) is 0 Å². The van der Waals surface area contributed by atoms with Crippen LogP contribution in [-0.2, 0) is 34.0 Å². The van der Waals surface area contributed by atoms with Crippen molar-refractivity contribution < 1.29 is 37.8 Å². The number of hydrogen-bond donors (Lipinski definition) is 0. The minimum atomic E-state index is -1.21. The number of esters is 3. The number of benzene rings is 1. The van der Waals surface area contributed by atoms with Crippen LogP contribution in [0.2, 0.25) is 0 Å². The number of para-hydroxylation sites is 1. The summed E-state index contributed by atoms with van der Waals surface area (Å²) >= 11 is 0. The molecule has 208 valence electrons. The van der Waals surface area contributed by atoms with Crippen LogP contribution in [-0.4, -0.2) is 74.5 Å². The molecule has 0 aliphatic carbocycles. The second-order valence-electron chi connectivity index (χ2n) is 9.76. The number of aryl methyl sites for hydroxylation is 2. The van der Waals surface area contributed by atoms with Crippen LogP contribution in [0, 0.1) is 13.8 Å². The highest BCUT2D eigenvalue weighted by Gasteiger charge is 2.67. The number of aliphatic imine (C=N–C) groups is 1. The van der Waals surface area contributed by atoms with Crippen LogP contribution < -0.4 is 4.90 Å². The summed E-state index contributed by atoms with van der Waals surface area (Å²) in [5.74, 6) is -1.89. The van der Waals surface area contributed by atoms with Crippen molar-refractivity contribution in [2.75, 3.05) is 32.8 Å². The van der Waals surface area contributed by atoms with Gasteiger partial charge in [-0.25, -0.2) is 19.4 Å². The first-order chi connectivity index (χ1) is 19.2. The lowest BCUT2D eigenvalue weighted by Gasteiger charge is -2.40. The van der Waals surface area contributed by atoms with E-state index < -0.39 is 41.3 Å². The normalized spacial score (nSPS) is 22.7. The number of methoxy groups -OCH3 is 3. The number of ether oxygens (including phenoxy) is 3.